The highest BCUT2D eigenvalue weighted by molar-refractivity contribution is 5.76. The lowest BCUT2D eigenvalue weighted by molar-refractivity contribution is 0.854. The zero-order valence-electron chi connectivity index (χ0n) is 26.2. The summed E-state index contributed by atoms with van der Waals surface area (Å²) in [7, 11) is 0. The maximum Gasteiger partial charge on any atom is 0.164 e. The van der Waals surface area contributed by atoms with Gasteiger partial charge in [0.1, 0.15) is 0 Å². The molecule has 0 bridgehead atoms. The van der Waals surface area contributed by atoms with Gasteiger partial charge in [-0.3, -0.25) is 9.97 Å². The lowest BCUT2D eigenvalue weighted by atomic mass is 9.88. The monoisotopic (exact) mass is 617 g/mol. The van der Waals surface area contributed by atoms with Gasteiger partial charge in [0.05, 0.1) is 11.4 Å². The maximum absolute atomic E-state index is 5.15. The van der Waals surface area contributed by atoms with Crippen molar-refractivity contribution in [2.24, 2.45) is 0 Å². The number of pyridine rings is 2. The standard InChI is InChI=1S/C43H31N5/c1-3-13-30(14-4-1)36-27-37(31-15-5-2-6-16-31)29-38(28-36)43-47-41(34-19-11-17-32(25-34)39-21-7-9-23-44-39)46-42(48-43)35-20-12-18-33(26-35)40-22-8-10-24-45-40/h1-15,17-29,31H,16H2. The summed E-state index contributed by atoms with van der Waals surface area (Å²) in [5.74, 6) is 2.09. The van der Waals surface area contributed by atoms with Gasteiger partial charge in [-0.05, 0) is 71.6 Å². The summed E-state index contributed by atoms with van der Waals surface area (Å²) in [6.07, 6.45) is 13.3. The molecule has 1 unspecified atom stereocenters. The Hall–Kier alpha value is -6.33. The van der Waals surface area contributed by atoms with Gasteiger partial charge in [0, 0.05) is 46.1 Å². The van der Waals surface area contributed by atoms with E-state index >= 15 is 0 Å². The number of hydrogen-bond acceptors (Lipinski definition) is 5. The van der Waals surface area contributed by atoms with Crippen LogP contribution in [0.25, 0.3) is 67.8 Å². The van der Waals surface area contributed by atoms with Crippen molar-refractivity contribution in [1.29, 1.82) is 0 Å². The first-order valence-corrected chi connectivity index (χ1v) is 16.1. The van der Waals surface area contributed by atoms with E-state index in [1.807, 2.05) is 79.1 Å². The van der Waals surface area contributed by atoms with E-state index in [2.05, 4.69) is 101 Å². The van der Waals surface area contributed by atoms with Crippen molar-refractivity contribution in [1.82, 2.24) is 24.9 Å². The first-order valence-electron chi connectivity index (χ1n) is 16.1. The van der Waals surface area contributed by atoms with Crippen LogP contribution in [0.2, 0.25) is 0 Å². The van der Waals surface area contributed by atoms with Gasteiger partial charge in [0.15, 0.2) is 17.5 Å². The van der Waals surface area contributed by atoms with Gasteiger partial charge in [-0.1, -0.05) is 109 Å². The van der Waals surface area contributed by atoms with E-state index in [1.165, 1.54) is 5.56 Å². The van der Waals surface area contributed by atoms with Crippen LogP contribution in [0.1, 0.15) is 17.9 Å². The maximum atomic E-state index is 5.15. The predicted molar refractivity (Wildman–Crippen MR) is 194 cm³/mol. The van der Waals surface area contributed by atoms with Gasteiger partial charge in [0.25, 0.3) is 0 Å². The van der Waals surface area contributed by atoms with E-state index < -0.39 is 0 Å². The highest BCUT2D eigenvalue weighted by Gasteiger charge is 2.18. The topological polar surface area (TPSA) is 64.5 Å². The molecule has 1 aliphatic rings. The van der Waals surface area contributed by atoms with Crippen LogP contribution >= 0.6 is 0 Å². The molecule has 7 aromatic rings. The van der Waals surface area contributed by atoms with Crippen molar-refractivity contribution in [2.45, 2.75) is 12.3 Å². The minimum Gasteiger partial charge on any atom is -0.256 e. The molecule has 8 rings (SSSR count). The van der Waals surface area contributed by atoms with Crippen molar-refractivity contribution in [3.8, 4) is 67.8 Å². The van der Waals surface area contributed by atoms with Gasteiger partial charge in [-0.15, -0.1) is 0 Å². The molecule has 48 heavy (non-hydrogen) atoms. The summed E-state index contributed by atoms with van der Waals surface area (Å²) in [4.78, 5) is 24.5. The van der Waals surface area contributed by atoms with Gasteiger partial charge >= 0.3 is 0 Å². The van der Waals surface area contributed by atoms with Crippen molar-refractivity contribution in [3.63, 3.8) is 0 Å². The predicted octanol–water partition coefficient (Wildman–Crippen LogP) is 10.3. The smallest absolute Gasteiger partial charge is 0.164 e. The zero-order chi connectivity index (χ0) is 32.1. The molecule has 1 aliphatic carbocycles. The van der Waals surface area contributed by atoms with Crippen LogP contribution < -0.4 is 0 Å². The fourth-order valence-corrected chi connectivity index (χ4v) is 6.09. The van der Waals surface area contributed by atoms with Crippen LogP contribution in [-0.4, -0.2) is 24.9 Å². The van der Waals surface area contributed by atoms with Crippen molar-refractivity contribution in [2.75, 3.05) is 0 Å². The van der Waals surface area contributed by atoms with Crippen LogP contribution in [0, 0.1) is 0 Å². The van der Waals surface area contributed by atoms with Gasteiger partial charge < -0.3 is 0 Å². The molecule has 0 saturated heterocycles. The van der Waals surface area contributed by atoms with Crippen LogP contribution in [0.3, 0.4) is 0 Å². The molecule has 1 atom stereocenters. The Morgan fingerprint density at radius 2 is 0.938 bits per heavy atom. The van der Waals surface area contributed by atoms with E-state index in [1.54, 1.807) is 0 Å². The Bertz CT molecular complexity index is 2160. The summed E-state index contributed by atoms with van der Waals surface area (Å²) in [5.41, 5.74) is 10.0. The molecule has 0 radical (unpaired) electrons. The molecule has 0 N–H and O–H groups in total. The molecule has 3 aromatic heterocycles. The SMILES string of the molecule is C1=CCC(c2cc(-c3ccccc3)cc(-c3nc(-c4cccc(-c5ccccn5)c4)nc(-c4cccc(-c5ccccn5)c4)n3)c2)C=C1. The number of nitrogens with zero attached hydrogens (tertiary/aromatic N) is 5. The quantitative estimate of drug-likeness (QED) is 0.178. The fourth-order valence-electron chi connectivity index (χ4n) is 6.09. The third-order valence-corrected chi connectivity index (χ3v) is 8.53. The minimum absolute atomic E-state index is 0.267. The minimum atomic E-state index is 0.267. The highest BCUT2D eigenvalue weighted by atomic mass is 15.0. The lowest BCUT2D eigenvalue weighted by Crippen LogP contribution is -2.02. The third-order valence-electron chi connectivity index (χ3n) is 8.53. The van der Waals surface area contributed by atoms with Crippen molar-refractivity contribution >= 4 is 0 Å². The Kier molecular flexibility index (Phi) is 7.99. The van der Waals surface area contributed by atoms with Gasteiger partial charge in [0.2, 0.25) is 0 Å². The molecule has 0 amide bonds. The Morgan fingerprint density at radius 3 is 1.50 bits per heavy atom. The average molecular weight is 618 g/mol. The summed E-state index contributed by atoms with van der Waals surface area (Å²) < 4.78 is 0. The Labute approximate surface area is 280 Å². The summed E-state index contributed by atoms with van der Waals surface area (Å²) >= 11 is 0. The normalized spacial score (nSPS) is 13.8. The molecule has 0 spiro atoms. The second-order valence-corrected chi connectivity index (χ2v) is 11.8. The first kappa shape index (κ1) is 29.1. The molecule has 0 aliphatic heterocycles. The van der Waals surface area contributed by atoms with E-state index in [9.17, 15) is 0 Å². The molecular formula is C43H31N5. The molecule has 0 fully saturated rings. The second kappa shape index (κ2) is 13.2. The zero-order valence-corrected chi connectivity index (χ0v) is 26.2. The largest absolute Gasteiger partial charge is 0.256 e. The molecule has 5 nitrogen and oxygen atoms in total. The van der Waals surface area contributed by atoms with E-state index in [-0.39, 0.29) is 5.92 Å². The lowest BCUT2D eigenvalue weighted by Gasteiger charge is -2.17. The van der Waals surface area contributed by atoms with Crippen molar-refractivity contribution < 1.29 is 0 Å². The van der Waals surface area contributed by atoms with E-state index in [0.717, 1.165) is 56.8 Å². The molecule has 4 aromatic carbocycles. The summed E-state index contributed by atoms with van der Waals surface area (Å²) in [6, 6.07) is 45.6. The molecule has 228 valence electrons. The number of hydrogen-bond donors (Lipinski definition) is 0. The van der Waals surface area contributed by atoms with Crippen LogP contribution in [0.4, 0.5) is 0 Å². The fraction of sp³-hybridized carbons (Fsp3) is 0.0465. The highest BCUT2D eigenvalue weighted by Crippen LogP contribution is 2.35. The van der Waals surface area contributed by atoms with Gasteiger partial charge in [-0.2, -0.15) is 0 Å². The van der Waals surface area contributed by atoms with E-state index in [4.69, 9.17) is 15.0 Å². The average Bonchev–Trinajstić information content (AvgIpc) is 3.19. The number of allylic oxidation sites excluding steroid dienone is 4. The summed E-state index contributed by atoms with van der Waals surface area (Å²) in [5, 5.41) is 0. The summed E-state index contributed by atoms with van der Waals surface area (Å²) in [6.45, 7) is 0. The van der Waals surface area contributed by atoms with Gasteiger partial charge in [-0.25, -0.2) is 15.0 Å². The first-order chi connectivity index (χ1) is 23.8. The van der Waals surface area contributed by atoms with E-state index in [0.29, 0.717) is 17.5 Å². The number of aromatic nitrogens is 5. The Balaban J connectivity index is 1.32. The molecular weight excluding hydrogens is 587 g/mol. The second-order valence-electron chi connectivity index (χ2n) is 11.8. The van der Waals surface area contributed by atoms with Crippen LogP contribution in [0.5, 0.6) is 0 Å². The van der Waals surface area contributed by atoms with Crippen molar-refractivity contribution in [3.05, 3.63) is 176 Å². The molecule has 5 heteroatoms. The molecule has 3 heterocycles. The number of benzene rings is 4. The third kappa shape index (κ3) is 6.22. The molecule has 0 saturated carbocycles. The van der Waals surface area contributed by atoms with Crippen LogP contribution in [-0.2, 0) is 0 Å². The van der Waals surface area contributed by atoms with Crippen LogP contribution in [0.15, 0.2) is 170 Å². The number of rotatable bonds is 7. The Morgan fingerprint density at radius 1 is 0.417 bits per heavy atom.